The first-order chi connectivity index (χ1) is 10.9. The van der Waals surface area contributed by atoms with Gasteiger partial charge in [0, 0.05) is 11.8 Å². The number of nitrogens with one attached hydrogen (secondary N) is 1. The Labute approximate surface area is 139 Å². The molecule has 2 heteroatoms. The van der Waals surface area contributed by atoms with E-state index < -0.39 is 0 Å². The minimum atomic E-state index is -0.117. The average molecular weight is 307 g/mol. The second-order valence-corrected chi connectivity index (χ2v) is 6.75. The fraction of sp³-hybridized carbons (Fsp3) is 0.286. The van der Waals surface area contributed by atoms with Crippen LogP contribution >= 0.6 is 0 Å². The Kier molecular flexibility index (Phi) is 5.38. The zero-order valence-electron chi connectivity index (χ0n) is 14.4. The van der Waals surface area contributed by atoms with Crippen LogP contribution in [0.25, 0.3) is 6.08 Å². The monoisotopic (exact) mass is 307 g/mol. The molecule has 0 aliphatic heterocycles. The van der Waals surface area contributed by atoms with Crippen LogP contribution in [0, 0.1) is 0 Å². The van der Waals surface area contributed by atoms with Crippen LogP contribution in [0.3, 0.4) is 0 Å². The summed E-state index contributed by atoms with van der Waals surface area (Å²) in [4.78, 5) is 12.0. The van der Waals surface area contributed by atoms with Gasteiger partial charge >= 0.3 is 0 Å². The lowest BCUT2D eigenvalue weighted by molar-refractivity contribution is -0.111. The van der Waals surface area contributed by atoms with Gasteiger partial charge in [-0.1, -0.05) is 64.1 Å². The van der Waals surface area contributed by atoms with Crippen LogP contribution in [-0.4, -0.2) is 5.91 Å². The first-order valence-electron chi connectivity index (χ1n) is 8.07. The van der Waals surface area contributed by atoms with Gasteiger partial charge in [-0.2, -0.15) is 0 Å². The van der Waals surface area contributed by atoms with Gasteiger partial charge in [-0.05, 0) is 46.7 Å². The lowest BCUT2D eigenvalue weighted by Gasteiger charge is -2.18. The topological polar surface area (TPSA) is 29.1 Å². The Hall–Kier alpha value is -2.35. The second kappa shape index (κ2) is 7.28. The molecule has 0 bridgehead atoms. The predicted molar refractivity (Wildman–Crippen MR) is 98.6 cm³/mol. The first-order valence-corrected chi connectivity index (χ1v) is 8.07. The van der Waals surface area contributed by atoms with Crippen molar-refractivity contribution in [1.29, 1.82) is 0 Å². The largest absolute Gasteiger partial charge is 0.323 e. The third kappa shape index (κ3) is 5.10. The van der Waals surface area contributed by atoms with Gasteiger partial charge in [0.05, 0.1) is 0 Å². The summed E-state index contributed by atoms with van der Waals surface area (Å²) in [5, 5.41) is 2.87. The van der Waals surface area contributed by atoms with E-state index in [1.807, 2.05) is 42.5 Å². The number of rotatable bonds is 4. The van der Waals surface area contributed by atoms with Gasteiger partial charge < -0.3 is 5.32 Å². The molecule has 2 nitrogen and oxygen atoms in total. The van der Waals surface area contributed by atoms with Crippen LogP contribution in [0.5, 0.6) is 0 Å². The van der Waals surface area contributed by atoms with E-state index in [9.17, 15) is 4.79 Å². The molecule has 0 saturated carbocycles. The molecule has 0 fully saturated rings. The zero-order valence-corrected chi connectivity index (χ0v) is 14.4. The van der Waals surface area contributed by atoms with Gasteiger partial charge in [0.25, 0.3) is 0 Å². The number of carbonyl (C=O) groups excluding carboxylic acids is 1. The van der Waals surface area contributed by atoms with Crippen LogP contribution in [0.1, 0.15) is 44.4 Å². The number of hydrogen-bond donors (Lipinski definition) is 1. The van der Waals surface area contributed by atoms with Crippen molar-refractivity contribution in [1.82, 2.24) is 0 Å². The molecule has 2 aromatic rings. The summed E-state index contributed by atoms with van der Waals surface area (Å²) in [6.45, 7) is 8.68. The fourth-order valence-corrected chi connectivity index (χ4v) is 2.27. The number of benzene rings is 2. The van der Waals surface area contributed by atoms with Crippen molar-refractivity contribution in [2.45, 2.75) is 39.5 Å². The molecular formula is C21H25NO. The number of carbonyl (C=O) groups is 1. The minimum absolute atomic E-state index is 0.117. The number of amides is 1. The van der Waals surface area contributed by atoms with Crippen molar-refractivity contribution >= 4 is 17.7 Å². The van der Waals surface area contributed by atoms with Crippen LogP contribution in [0.2, 0.25) is 0 Å². The van der Waals surface area contributed by atoms with Crippen LogP contribution < -0.4 is 5.32 Å². The molecule has 0 aromatic heterocycles. The molecule has 1 amide bonds. The van der Waals surface area contributed by atoms with Crippen molar-refractivity contribution in [2.24, 2.45) is 0 Å². The van der Waals surface area contributed by atoms with E-state index in [-0.39, 0.29) is 11.3 Å². The van der Waals surface area contributed by atoms with Crippen molar-refractivity contribution in [3.8, 4) is 0 Å². The number of hydrogen-bond acceptors (Lipinski definition) is 1. The highest BCUT2D eigenvalue weighted by atomic mass is 16.1. The highest BCUT2D eigenvalue weighted by Gasteiger charge is 2.12. The highest BCUT2D eigenvalue weighted by molar-refractivity contribution is 6.01. The third-order valence-corrected chi connectivity index (χ3v) is 3.83. The van der Waals surface area contributed by atoms with Gasteiger partial charge in [0.1, 0.15) is 0 Å². The maximum Gasteiger partial charge on any atom is 0.248 e. The SMILES string of the molecule is CCc1ccc(NC(=O)/C=C/c2ccc(C(C)(C)C)cc2)cc1. The van der Waals surface area contributed by atoms with E-state index in [4.69, 9.17) is 0 Å². The van der Waals surface area contributed by atoms with E-state index in [2.05, 4.69) is 45.1 Å². The molecule has 0 spiro atoms. The third-order valence-electron chi connectivity index (χ3n) is 3.83. The van der Waals surface area contributed by atoms with Crippen LogP contribution in [0.4, 0.5) is 5.69 Å². The zero-order chi connectivity index (χ0) is 16.9. The molecular weight excluding hydrogens is 282 g/mol. The van der Waals surface area contributed by atoms with E-state index >= 15 is 0 Å². The van der Waals surface area contributed by atoms with Crippen LogP contribution in [-0.2, 0) is 16.6 Å². The Morgan fingerprint density at radius 1 is 1.00 bits per heavy atom. The lowest BCUT2D eigenvalue weighted by Crippen LogP contribution is -2.10. The number of anilines is 1. The smallest absolute Gasteiger partial charge is 0.248 e. The maximum absolute atomic E-state index is 12.0. The molecule has 23 heavy (non-hydrogen) atoms. The molecule has 0 atom stereocenters. The molecule has 0 radical (unpaired) electrons. The Balaban J connectivity index is 1.97. The van der Waals surface area contributed by atoms with Crippen molar-refractivity contribution in [3.63, 3.8) is 0 Å². The van der Waals surface area contributed by atoms with Crippen molar-refractivity contribution in [2.75, 3.05) is 5.32 Å². The van der Waals surface area contributed by atoms with Gasteiger partial charge in [-0.25, -0.2) is 0 Å². The normalized spacial score (nSPS) is 11.7. The summed E-state index contributed by atoms with van der Waals surface area (Å²) in [5.41, 5.74) is 4.53. The standard InChI is InChI=1S/C21H25NO/c1-5-16-8-13-19(14-9-16)22-20(23)15-10-17-6-11-18(12-7-17)21(2,3)4/h6-15H,5H2,1-4H3,(H,22,23)/b15-10+. The number of aryl methyl sites for hydroxylation is 1. The summed E-state index contributed by atoms with van der Waals surface area (Å²) < 4.78 is 0. The molecule has 120 valence electrons. The summed E-state index contributed by atoms with van der Waals surface area (Å²) in [6.07, 6.45) is 4.40. The van der Waals surface area contributed by atoms with Crippen molar-refractivity contribution < 1.29 is 4.79 Å². The Morgan fingerprint density at radius 2 is 1.61 bits per heavy atom. The minimum Gasteiger partial charge on any atom is -0.323 e. The molecule has 0 aliphatic carbocycles. The molecule has 2 rings (SSSR count). The Morgan fingerprint density at radius 3 is 2.13 bits per heavy atom. The average Bonchev–Trinajstić information content (AvgIpc) is 2.53. The van der Waals surface area contributed by atoms with E-state index in [1.54, 1.807) is 6.08 Å². The van der Waals surface area contributed by atoms with E-state index in [0.717, 1.165) is 17.7 Å². The van der Waals surface area contributed by atoms with E-state index in [0.29, 0.717) is 0 Å². The van der Waals surface area contributed by atoms with Gasteiger partial charge in [0.2, 0.25) is 5.91 Å². The van der Waals surface area contributed by atoms with Crippen molar-refractivity contribution in [3.05, 3.63) is 71.3 Å². The van der Waals surface area contributed by atoms with Gasteiger partial charge in [0.15, 0.2) is 0 Å². The predicted octanol–water partition coefficient (Wildman–Crippen LogP) is 5.20. The molecule has 0 heterocycles. The summed E-state index contributed by atoms with van der Waals surface area (Å²) in [6, 6.07) is 16.2. The fourth-order valence-electron chi connectivity index (χ4n) is 2.27. The lowest BCUT2D eigenvalue weighted by atomic mass is 9.87. The van der Waals surface area contributed by atoms with E-state index in [1.165, 1.54) is 11.1 Å². The molecule has 0 aliphatic rings. The first kappa shape index (κ1) is 17.0. The summed E-state index contributed by atoms with van der Waals surface area (Å²) in [5.74, 6) is -0.117. The molecule has 0 saturated heterocycles. The highest BCUT2D eigenvalue weighted by Crippen LogP contribution is 2.22. The quantitative estimate of drug-likeness (QED) is 0.773. The Bertz CT molecular complexity index is 673. The van der Waals surface area contributed by atoms with Gasteiger partial charge in [-0.15, -0.1) is 0 Å². The molecule has 1 N–H and O–H groups in total. The molecule has 0 unspecified atom stereocenters. The summed E-state index contributed by atoms with van der Waals surface area (Å²) >= 11 is 0. The molecule has 2 aromatic carbocycles. The maximum atomic E-state index is 12.0. The van der Waals surface area contributed by atoms with Gasteiger partial charge in [-0.3, -0.25) is 4.79 Å². The summed E-state index contributed by atoms with van der Waals surface area (Å²) in [7, 11) is 0. The second-order valence-electron chi connectivity index (χ2n) is 6.75. The van der Waals surface area contributed by atoms with Crippen LogP contribution in [0.15, 0.2) is 54.6 Å².